The molecule has 43 heavy (non-hydrogen) atoms. The normalized spacial score (nSPS) is 11.0. The topological polar surface area (TPSA) is 74.6 Å². The number of rotatable bonds is 3. The van der Waals surface area contributed by atoms with Gasteiger partial charge < -0.3 is 10.2 Å². The Morgan fingerprint density at radius 2 is 1.00 bits per heavy atom. The summed E-state index contributed by atoms with van der Waals surface area (Å²) in [5, 5.41) is 17.5. The Kier molecular flexibility index (Phi) is 11.9. The molecule has 0 radical (unpaired) electrons. The number of alkyl halides is 6. The second-order valence-corrected chi connectivity index (χ2v) is 10.9. The zero-order valence-corrected chi connectivity index (χ0v) is 25.5. The van der Waals surface area contributed by atoms with Gasteiger partial charge in [-0.2, -0.15) is 26.3 Å². The van der Waals surface area contributed by atoms with Gasteiger partial charge in [0.05, 0.1) is 22.3 Å². The minimum atomic E-state index is -4.43. The van der Waals surface area contributed by atoms with E-state index < -0.39 is 35.4 Å². The molecule has 11 heteroatoms. The van der Waals surface area contributed by atoms with Crippen LogP contribution in [0, 0.1) is 31.3 Å². The fourth-order valence-electron chi connectivity index (χ4n) is 3.86. The van der Waals surface area contributed by atoms with Gasteiger partial charge in [-0.1, -0.05) is 29.8 Å². The quantitative estimate of drug-likeness (QED) is 0.164. The first kappa shape index (κ1) is 35.3. The number of halogens is 7. The molecule has 0 aliphatic carbocycles. The van der Waals surface area contributed by atoms with Crippen molar-refractivity contribution in [2.75, 3.05) is 0 Å². The molecule has 228 valence electrons. The van der Waals surface area contributed by atoms with E-state index in [2.05, 4.69) is 0 Å². The van der Waals surface area contributed by atoms with Crippen molar-refractivity contribution < 1.29 is 46.1 Å². The highest BCUT2D eigenvalue weighted by Gasteiger charge is 2.31. The Bertz CT molecular complexity index is 1590. The third-order valence-corrected chi connectivity index (χ3v) is 6.32. The number of hydrogen-bond acceptors (Lipinski definition) is 2. The van der Waals surface area contributed by atoms with E-state index in [9.17, 15) is 35.9 Å². The smallest absolute Gasteiger partial charge is 0.416 e. The number of carboxylic acids is 2. The van der Waals surface area contributed by atoms with Gasteiger partial charge in [-0.05, 0) is 133 Å². The molecule has 0 heterocycles. The minimum Gasteiger partial charge on any atom is -0.478 e. The average Bonchev–Trinajstić information content (AvgIpc) is 2.87. The first-order chi connectivity index (χ1) is 19.8. The van der Waals surface area contributed by atoms with Crippen LogP contribution in [0.2, 0.25) is 0 Å². The summed E-state index contributed by atoms with van der Waals surface area (Å²) in [6.45, 7) is 6.80. The summed E-state index contributed by atoms with van der Waals surface area (Å²) in [4.78, 5) is 21.4. The van der Waals surface area contributed by atoms with Crippen molar-refractivity contribution in [1.82, 2.24) is 0 Å². The Balaban J connectivity index is 0.000000248. The SMILES string of the molecule is Cc1cc(C(=O)O)cc(-c2cc(C)cc(C(F)(F)F)c2)c1.Cc1cc(I)cc(C(F)(F)F)c1.Cc1cccc(C(=O)O)c1. The predicted octanol–water partition coefficient (Wildman–Crippen LogP) is 10.00. The monoisotopic (exact) mass is 716 g/mol. The summed E-state index contributed by atoms with van der Waals surface area (Å²) in [5.41, 5.74) is 2.66. The van der Waals surface area contributed by atoms with E-state index in [0.29, 0.717) is 37.0 Å². The fourth-order valence-corrected chi connectivity index (χ4v) is 4.69. The van der Waals surface area contributed by atoms with E-state index in [4.69, 9.17) is 10.2 Å². The number of aryl methyl sites for hydroxylation is 4. The van der Waals surface area contributed by atoms with Crippen molar-refractivity contribution in [3.63, 3.8) is 0 Å². The van der Waals surface area contributed by atoms with Crippen LogP contribution in [-0.4, -0.2) is 22.2 Å². The van der Waals surface area contributed by atoms with E-state index in [0.717, 1.165) is 29.8 Å². The van der Waals surface area contributed by atoms with Crippen LogP contribution < -0.4 is 0 Å². The Morgan fingerprint density at radius 1 is 0.558 bits per heavy atom. The molecule has 4 rings (SSSR count). The van der Waals surface area contributed by atoms with Crippen molar-refractivity contribution in [3.8, 4) is 11.1 Å². The number of benzene rings is 4. The van der Waals surface area contributed by atoms with Crippen LogP contribution >= 0.6 is 22.6 Å². The van der Waals surface area contributed by atoms with Crippen molar-refractivity contribution in [2.45, 2.75) is 40.0 Å². The minimum absolute atomic E-state index is 0.0556. The van der Waals surface area contributed by atoms with Gasteiger partial charge in [-0.25, -0.2) is 9.59 Å². The van der Waals surface area contributed by atoms with Gasteiger partial charge >= 0.3 is 24.3 Å². The molecule has 0 fully saturated rings. The zero-order chi connectivity index (χ0) is 32.7. The van der Waals surface area contributed by atoms with Crippen LogP contribution in [0.1, 0.15) is 54.1 Å². The fraction of sp³-hybridized carbons (Fsp3) is 0.188. The number of carboxylic acid groups (broad SMARTS) is 2. The lowest BCUT2D eigenvalue weighted by Gasteiger charge is -2.12. The number of aromatic carboxylic acids is 2. The van der Waals surface area contributed by atoms with Gasteiger partial charge in [-0.3, -0.25) is 0 Å². The molecule has 0 unspecified atom stereocenters. The standard InChI is InChI=1S/C16H13F3O2.C8H6F3I.C8H8O2/c1-9-3-11(7-13(5-9)15(20)21)12-4-10(2)6-14(8-12)16(17,18)19;1-5-2-6(8(9,10)11)4-7(12)3-5;1-6-3-2-4-7(5-6)8(9)10/h3-8H,1-2H3,(H,20,21);2-4H,1H3;2-5H,1H3,(H,9,10). The van der Waals surface area contributed by atoms with Gasteiger partial charge in [-0.15, -0.1) is 0 Å². The molecule has 0 amide bonds. The lowest BCUT2D eigenvalue weighted by molar-refractivity contribution is -0.138. The van der Waals surface area contributed by atoms with E-state index in [1.54, 1.807) is 57.2 Å². The van der Waals surface area contributed by atoms with E-state index in [1.165, 1.54) is 12.1 Å². The molecule has 0 aromatic heterocycles. The molecule has 2 N–H and O–H groups in total. The molecule has 4 aromatic carbocycles. The summed E-state index contributed by atoms with van der Waals surface area (Å²) >= 11 is 1.87. The third kappa shape index (κ3) is 11.4. The average molecular weight is 716 g/mol. The van der Waals surface area contributed by atoms with Crippen LogP contribution in [-0.2, 0) is 12.4 Å². The zero-order valence-electron chi connectivity index (χ0n) is 23.4. The highest BCUT2D eigenvalue weighted by Crippen LogP contribution is 2.34. The summed E-state index contributed by atoms with van der Waals surface area (Å²) in [7, 11) is 0. The highest BCUT2D eigenvalue weighted by molar-refractivity contribution is 14.1. The molecule has 0 atom stereocenters. The summed E-state index contributed by atoms with van der Waals surface area (Å²) in [6.07, 6.45) is -8.66. The molecule has 0 saturated heterocycles. The van der Waals surface area contributed by atoms with Gasteiger partial charge in [0.15, 0.2) is 0 Å². The molecule has 0 saturated carbocycles. The second kappa shape index (κ2) is 14.5. The predicted molar refractivity (Wildman–Crippen MR) is 160 cm³/mol. The van der Waals surface area contributed by atoms with E-state index >= 15 is 0 Å². The van der Waals surface area contributed by atoms with Gasteiger partial charge in [0.2, 0.25) is 0 Å². The van der Waals surface area contributed by atoms with Gasteiger partial charge in [0, 0.05) is 3.57 Å². The molecule has 4 nitrogen and oxygen atoms in total. The molecule has 4 aromatic rings. The molecule has 0 bridgehead atoms. The maximum absolute atomic E-state index is 12.9. The molecule has 0 aliphatic rings. The maximum atomic E-state index is 12.9. The van der Waals surface area contributed by atoms with Gasteiger partial charge in [0.1, 0.15) is 0 Å². The summed E-state index contributed by atoms with van der Waals surface area (Å²) < 4.78 is 75.6. The van der Waals surface area contributed by atoms with Crippen LogP contribution in [0.3, 0.4) is 0 Å². The molecule has 0 spiro atoms. The van der Waals surface area contributed by atoms with Crippen molar-refractivity contribution in [2.24, 2.45) is 0 Å². The first-order valence-electron chi connectivity index (χ1n) is 12.4. The van der Waals surface area contributed by atoms with E-state index in [-0.39, 0.29) is 5.56 Å². The van der Waals surface area contributed by atoms with Crippen molar-refractivity contribution in [1.29, 1.82) is 0 Å². The number of carbonyl (C=O) groups is 2. The number of hydrogen-bond donors (Lipinski definition) is 2. The van der Waals surface area contributed by atoms with E-state index in [1.807, 2.05) is 35.6 Å². The second-order valence-electron chi connectivity index (χ2n) is 9.67. The third-order valence-electron chi connectivity index (χ3n) is 5.70. The molecule has 0 aliphatic heterocycles. The van der Waals surface area contributed by atoms with Crippen LogP contribution in [0.5, 0.6) is 0 Å². The summed E-state index contributed by atoms with van der Waals surface area (Å²) in [6, 6.07) is 19.0. The maximum Gasteiger partial charge on any atom is 0.416 e. The van der Waals surface area contributed by atoms with Gasteiger partial charge in [0.25, 0.3) is 0 Å². The molecular weight excluding hydrogens is 689 g/mol. The highest BCUT2D eigenvalue weighted by atomic mass is 127. The van der Waals surface area contributed by atoms with Crippen molar-refractivity contribution >= 4 is 34.5 Å². The molecular formula is C32H27F6IO4. The van der Waals surface area contributed by atoms with Crippen LogP contribution in [0.25, 0.3) is 11.1 Å². The first-order valence-corrected chi connectivity index (χ1v) is 13.5. The van der Waals surface area contributed by atoms with Crippen LogP contribution in [0.4, 0.5) is 26.3 Å². The van der Waals surface area contributed by atoms with Crippen molar-refractivity contribution in [3.05, 3.63) is 127 Å². The Hall–Kier alpha value is -3.87. The largest absolute Gasteiger partial charge is 0.478 e. The van der Waals surface area contributed by atoms with Crippen LogP contribution in [0.15, 0.2) is 78.9 Å². The lowest BCUT2D eigenvalue weighted by Crippen LogP contribution is -2.05. The summed E-state index contributed by atoms with van der Waals surface area (Å²) in [5.74, 6) is -1.98. The lowest BCUT2D eigenvalue weighted by atomic mass is 9.97. The Labute approximate surface area is 258 Å². The Morgan fingerprint density at radius 3 is 1.44 bits per heavy atom.